The van der Waals surface area contributed by atoms with Crippen LogP contribution in [0.2, 0.25) is 0 Å². The molecule has 0 radical (unpaired) electrons. The Labute approximate surface area is 162 Å². The lowest BCUT2D eigenvalue weighted by atomic mass is 10.1. The quantitative estimate of drug-likeness (QED) is 0.611. The first-order valence-corrected chi connectivity index (χ1v) is 8.60. The molecule has 1 aromatic carbocycles. The second-order valence-corrected chi connectivity index (χ2v) is 5.93. The monoisotopic (exact) mass is 383 g/mol. The van der Waals surface area contributed by atoms with E-state index in [1.54, 1.807) is 33.3 Å². The molecule has 0 saturated heterocycles. The van der Waals surface area contributed by atoms with Gasteiger partial charge < -0.3 is 24.6 Å². The molecule has 0 saturated carbocycles. The fourth-order valence-electron chi connectivity index (χ4n) is 2.55. The van der Waals surface area contributed by atoms with Crippen LogP contribution in [0.15, 0.2) is 41.2 Å². The highest BCUT2D eigenvalue weighted by molar-refractivity contribution is 6.02. The topological polar surface area (TPSA) is 111 Å². The van der Waals surface area contributed by atoms with E-state index in [-0.39, 0.29) is 5.69 Å². The molecule has 2 N–H and O–H groups in total. The van der Waals surface area contributed by atoms with Gasteiger partial charge in [0.2, 0.25) is 0 Å². The maximum absolute atomic E-state index is 12.3. The Morgan fingerprint density at radius 1 is 1.07 bits per heavy atom. The number of carbonyl (C=O) groups excluding carboxylic acids is 1. The van der Waals surface area contributed by atoms with Gasteiger partial charge in [-0.2, -0.15) is 0 Å². The summed E-state index contributed by atoms with van der Waals surface area (Å²) in [6.07, 6.45) is 2.08. The molecule has 2 aromatic heterocycles. The average molecular weight is 383 g/mol. The lowest BCUT2D eigenvalue weighted by molar-refractivity contribution is 0.102. The lowest BCUT2D eigenvalue weighted by Gasteiger charge is -2.10. The van der Waals surface area contributed by atoms with Crippen LogP contribution in [0.1, 0.15) is 21.8 Å². The molecule has 0 spiro atoms. The Morgan fingerprint density at radius 2 is 1.89 bits per heavy atom. The zero-order valence-corrected chi connectivity index (χ0v) is 15.9. The number of aryl methyl sites for hydroxylation is 1. The summed E-state index contributed by atoms with van der Waals surface area (Å²) in [5.74, 6) is 2.48. The molecule has 9 nitrogen and oxygen atoms in total. The highest BCUT2D eigenvalue weighted by Gasteiger charge is 2.11. The number of aromatic nitrogens is 3. The van der Waals surface area contributed by atoms with Crippen LogP contribution < -0.4 is 20.1 Å². The van der Waals surface area contributed by atoms with E-state index < -0.39 is 5.91 Å². The van der Waals surface area contributed by atoms with Crippen LogP contribution in [0.4, 0.5) is 11.6 Å². The van der Waals surface area contributed by atoms with E-state index in [9.17, 15) is 4.79 Å². The molecular weight excluding hydrogens is 362 g/mol. The Kier molecular flexibility index (Phi) is 6.05. The van der Waals surface area contributed by atoms with Gasteiger partial charge in [0.15, 0.2) is 17.3 Å². The van der Waals surface area contributed by atoms with Crippen LogP contribution in [0.25, 0.3) is 0 Å². The van der Waals surface area contributed by atoms with Crippen molar-refractivity contribution >= 4 is 17.5 Å². The van der Waals surface area contributed by atoms with Gasteiger partial charge in [-0.05, 0) is 31.0 Å². The Hall–Kier alpha value is -3.62. The molecule has 0 bridgehead atoms. The largest absolute Gasteiger partial charge is 0.493 e. The number of nitrogens with one attached hydrogen (secondary N) is 2. The predicted octanol–water partition coefficient (Wildman–Crippen LogP) is 2.70. The van der Waals surface area contributed by atoms with Crippen molar-refractivity contribution in [2.24, 2.45) is 0 Å². The minimum Gasteiger partial charge on any atom is -0.493 e. The van der Waals surface area contributed by atoms with Gasteiger partial charge in [-0.25, -0.2) is 9.97 Å². The molecule has 0 unspecified atom stereocenters. The first-order valence-electron chi connectivity index (χ1n) is 8.60. The van der Waals surface area contributed by atoms with Gasteiger partial charge in [-0.1, -0.05) is 11.2 Å². The van der Waals surface area contributed by atoms with Crippen molar-refractivity contribution in [3.05, 3.63) is 53.7 Å². The highest BCUT2D eigenvalue weighted by atomic mass is 16.5. The molecule has 3 rings (SSSR count). The van der Waals surface area contributed by atoms with Crippen molar-refractivity contribution in [2.45, 2.75) is 13.3 Å². The smallest absolute Gasteiger partial charge is 0.275 e. The fraction of sp³-hybridized carbons (Fsp3) is 0.263. The lowest BCUT2D eigenvalue weighted by Crippen LogP contribution is -2.15. The summed E-state index contributed by atoms with van der Waals surface area (Å²) >= 11 is 0. The van der Waals surface area contributed by atoms with Crippen LogP contribution in [-0.2, 0) is 6.42 Å². The predicted molar refractivity (Wildman–Crippen MR) is 103 cm³/mol. The fourth-order valence-corrected chi connectivity index (χ4v) is 2.55. The normalized spacial score (nSPS) is 10.4. The van der Waals surface area contributed by atoms with E-state index in [2.05, 4.69) is 25.8 Å². The molecule has 9 heteroatoms. The van der Waals surface area contributed by atoms with E-state index in [4.69, 9.17) is 14.0 Å². The molecule has 2 heterocycles. The van der Waals surface area contributed by atoms with Crippen molar-refractivity contribution in [1.29, 1.82) is 0 Å². The minimum absolute atomic E-state index is 0.226. The Balaban J connectivity index is 1.58. The number of methoxy groups -OCH3 is 2. The van der Waals surface area contributed by atoms with Gasteiger partial charge in [0.05, 0.1) is 14.2 Å². The summed E-state index contributed by atoms with van der Waals surface area (Å²) < 4.78 is 15.5. The Bertz CT molecular complexity index is 957. The number of hydrogen-bond donors (Lipinski definition) is 2. The highest BCUT2D eigenvalue weighted by Crippen LogP contribution is 2.27. The number of anilines is 2. The molecule has 146 valence electrons. The van der Waals surface area contributed by atoms with Gasteiger partial charge in [0, 0.05) is 18.7 Å². The summed E-state index contributed by atoms with van der Waals surface area (Å²) in [4.78, 5) is 20.4. The number of benzene rings is 1. The van der Waals surface area contributed by atoms with Gasteiger partial charge >= 0.3 is 0 Å². The van der Waals surface area contributed by atoms with Crippen molar-refractivity contribution in [3.63, 3.8) is 0 Å². The molecule has 0 aliphatic carbocycles. The second kappa shape index (κ2) is 8.85. The second-order valence-electron chi connectivity index (χ2n) is 5.93. The van der Waals surface area contributed by atoms with Gasteiger partial charge in [-0.15, -0.1) is 0 Å². The number of ether oxygens (including phenoxy) is 2. The molecule has 28 heavy (non-hydrogen) atoms. The van der Waals surface area contributed by atoms with Gasteiger partial charge in [-0.3, -0.25) is 4.79 Å². The molecule has 0 fully saturated rings. The molecule has 0 atom stereocenters. The zero-order chi connectivity index (χ0) is 19.9. The van der Waals surface area contributed by atoms with Crippen LogP contribution in [0.5, 0.6) is 11.5 Å². The van der Waals surface area contributed by atoms with E-state index in [1.165, 1.54) is 6.33 Å². The van der Waals surface area contributed by atoms with E-state index in [0.29, 0.717) is 35.4 Å². The van der Waals surface area contributed by atoms with Crippen molar-refractivity contribution in [2.75, 3.05) is 31.4 Å². The van der Waals surface area contributed by atoms with Crippen molar-refractivity contribution in [3.8, 4) is 11.5 Å². The molecule has 3 aromatic rings. The van der Waals surface area contributed by atoms with E-state index in [0.717, 1.165) is 12.0 Å². The summed E-state index contributed by atoms with van der Waals surface area (Å²) in [5, 5.41) is 9.54. The first-order chi connectivity index (χ1) is 13.6. The minimum atomic E-state index is -0.390. The number of nitrogens with zero attached hydrogens (tertiary/aromatic N) is 3. The van der Waals surface area contributed by atoms with E-state index in [1.807, 2.05) is 18.2 Å². The molecule has 0 aliphatic heterocycles. The first kappa shape index (κ1) is 19.2. The summed E-state index contributed by atoms with van der Waals surface area (Å²) in [7, 11) is 3.21. The number of carbonyl (C=O) groups is 1. The summed E-state index contributed by atoms with van der Waals surface area (Å²) in [6, 6.07) is 8.98. The van der Waals surface area contributed by atoms with E-state index >= 15 is 0 Å². The van der Waals surface area contributed by atoms with Crippen LogP contribution >= 0.6 is 0 Å². The van der Waals surface area contributed by atoms with Gasteiger partial charge in [0.1, 0.15) is 23.6 Å². The van der Waals surface area contributed by atoms with Crippen LogP contribution in [0.3, 0.4) is 0 Å². The summed E-state index contributed by atoms with van der Waals surface area (Å²) in [6.45, 7) is 2.36. The average Bonchev–Trinajstić information content (AvgIpc) is 3.12. The summed E-state index contributed by atoms with van der Waals surface area (Å²) in [5.41, 5.74) is 1.31. The third-order valence-electron chi connectivity index (χ3n) is 3.94. The molecule has 1 amide bonds. The number of amides is 1. The maximum Gasteiger partial charge on any atom is 0.275 e. The third kappa shape index (κ3) is 4.76. The van der Waals surface area contributed by atoms with Gasteiger partial charge in [0.25, 0.3) is 5.91 Å². The van der Waals surface area contributed by atoms with Crippen LogP contribution in [0, 0.1) is 6.92 Å². The van der Waals surface area contributed by atoms with Crippen molar-refractivity contribution < 1.29 is 18.8 Å². The number of hydrogen-bond acceptors (Lipinski definition) is 8. The molecule has 0 aliphatic rings. The van der Waals surface area contributed by atoms with Crippen LogP contribution in [-0.4, -0.2) is 41.8 Å². The molecular formula is C19H21N5O4. The third-order valence-corrected chi connectivity index (χ3v) is 3.94. The van der Waals surface area contributed by atoms with Crippen molar-refractivity contribution in [1.82, 2.24) is 15.1 Å². The zero-order valence-electron chi connectivity index (χ0n) is 15.9. The Morgan fingerprint density at radius 3 is 2.61 bits per heavy atom. The SMILES string of the molecule is COc1ccc(CCNc2cc(C(=O)Nc3cc(C)on3)ncn2)cc1OC. The maximum atomic E-state index is 12.3. The standard InChI is InChI=1S/C19H21N5O4/c1-12-8-18(24-28-12)23-19(25)14-10-17(22-11-21-14)20-7-6-13-4-5-15(26-2)16(9-13)27-3/h4-5,8-11H,6-7H2,1-3H3,(H,20,21,22)(H,23,24,25). The number of rotatable bonds is 8.